The maximum atomic E-state index is 12.0. The molecule has 23 heavy (non-hydrogen) atoms. The predicted molar refractivity (Wildman–Crippen MR) is 91.7 cm³/mol. The normalized spacial score (nSPS) is 12.7. The van der Waals surface area contributed by atoms with E-state index >= 15 is 0 Å². The first-order chi connectivity index (χ1) is 10.7. The van der Waals surface area contributed by atoms with E-state index in [9.17, 15) is 13.2 Å². The molecule has 2 aromatic rings. The topological polar surface area (TPSA) is 71.7 Å². The molecule has 9 heteroatoms. The summed E-state index contributed by atoms with van der Waals surface area (Å²) in [5, 5.41) is 0.571. The molecule has 0 radical (unpaired) electrons. The lowest BCUT2D eigenvalue weighted by atomic mass is 10.3. The van der Waals surface area contributed by atoms with Gasteiger partial charge in [-0.25, -0.2) is 8.42 Å². The first-order valence-electron chi connectivity index (χ1n) is 6.43. The van der Waals surface area contributed by atoms with E-state index in [-0.39, 0.29) is 13.1 Å². The minimum Gasteiger partial charge on any atom is -0.305 e. The van der Waals surface area contributed by atoms with Gasteiger partial charge in [0.1, 0.15) is 0 Å². The Kier molecular flexibility index (Phi) is 5.26. The summed E-state index contributed by atoms with van der Waals surface area (Å²) in [6.45, 7) is -0.0838. The van der Waals surface area contributed by atoms with Gasteiger partial charge in [0, 0.05) is 12.1 Å². The molecule has 1 heterocycles. The molecule has 0 aliphatic carbocycles. The number of halogens is 1. The summed E-state index contributed by atoms with van der Waals surface area (Å²) in [5.41, 5.74) is 0.820. The van der Waals surface area contributed by atoms with E-state index < -0.39 is 15.9 Å². The molecule has 1 amide bonds. The van der Waals surface area contributed by atoms with Gasteiger partial charge in [-0.1, -0.05) is 28.9 Å². The zero-order valence-electron chi connectivity index (χ0n) is 12.5. The summed E-state index contributed by atoms with van der Waals surface area (Å²) < 4.78 is 26.2. The fraction of sp³-hybridized carbons (Fsp3) is 0.286. The van der Waals surface area contributed by atoms with Gasteiger partial charge in [0.25, 0.3) is 5.91 Å². The summed E-state index contributed by atoms with van der Waals surface area (Å²) >= 11 is 7.24. The lowest BCUT2D eigenvalue weighted by Gasteiger charge is -2.10. The Hall–Kier alpha value is -1.66. The van der Waals surface area contributed by atoms with Gasteiger partial charge in [-0.3, -0.25) is 4.79 Å². The number of nitrogens with zero attached hydrogens (tertiary/aromatic N) is 3. The van der Waals surface area contributed by atoms with Crippen molar-refractivity contribution in [3.63, 3.8) is 0 Å². The molecule has 122 valence electrons. The van der Waals surface area contributed by atoms with Gasteiger partial charge in [0.2, 0.25) is 10.0 Å². The summed E-state index contributed by atoms with van der Waals surface area (Å²) in [6.07, 6.45) is 6.40. The quantitative estimate of drug-likeness (QED) is 0.761. The fourth-order valence-corrected chi connectivity index (χ4v) is 3.49. The molecular formula is C14H14ClN3O3S2. The van der Waals surface area contributed by atoms with Gasteiger partial charge in [0.15, 0.2) is 4.80 Å². The van der Waals surface area contributed by atoms with Crippen LogP contribution in [0.1, 0.15) is 0 Å². The molecule has 1 aromatic carbocycles. The third-order valence-corrected chi connectivity index (χ3v) is 5.58. The number of hydrogen-bond donors (Lipinski definition) is 0. The highest BCUT2D eigenvalue weighted by Gasteiger charge is 2.15. The van der Waals surface area contributed by atoms with Gasteiger partial charge < -0.3 is 4.57 Å². The van der Waals surface area contributed by atoms with Crippen molar-refractivity contribution in [1.29, 1.82) is 0 Å². The highest BCUT2D eigenvalue weighted by molar-refractivity contribution is 7.88. The van der Waals surface area contributed by atoms with Gasteiger partial charge in [0.05, 0.1) is 29.6 Å². The van der Waals surface area contributed by atoms with E-state index in [0.717, 1.165) is 20.8 Å². The Morgan fingerprint density at radius 1 is 1.52 bits per heavy atom. The van der Waals surface area contributed by atoms with Crippen LogP contribution < -0.4 is 4.80 Å². The number of hydrogen-bond acceptors (Lipinski definition) is 4. The molecule has 0 saturated carbocycles. The average Bonchev–Trinajstić information content (AvgIpc) is 2.75. The Balaban J connectivity index is 2.47. The summed E-state index contributed by atoms with van der Waals surface area (Å²) in [6, 6.07) is 5.30. The van der Waals surface area contributed by atoms with Gasteiger partial charge in [-0.2, -0.15) is 9.30 Å². The van der Waals surface area contributed by atoms with Crippen molar-refractivity contribution in [3.05, 3.63) is 28.0 Å². The number of likely N-dealkylation sites (N-methyl/N-ethyl adjacent to an activating group) is 1. The van der Waals surface area contributed by atoms with Crippen molar-refractivity contribution in [2.24, 2.45) is 4.99 Å². The molecule has 0 spiro atoms. The van der Waals surface area contributed by atoms with E-state index in [4.69, 9.17) is 18.0 Å². The van der Waals surface area contributed by atoms with E-state index in [1.54, 1.807) is 22.8 Å². The van der Waals surface area contributed by atoms with Crippen LogP contribution >= 0.6 is 22.9 Å². The minimum atomic E-state index is -3.44. The van der Waals surface area contributed by atoms with Crippen molar-refractivity contribution >= 4 is 49.1 Å². The van der Waals surface area contributed by atoms with Crippen LogP contribution in [0.4, 0.5) is 0 Å². The Morgan fingerprint density at radius 3 is 2.83 bits per heavy atom. The molecule has 0 unspecified atom stereocenters. The fourth-order valence-electron chi connectivity index (χ4n) is 1.83. The van der Waals surface area contributed by atoms with Crippen LogP contribution in [0.15, 0.2) is 23.2 Å². The predicted octanol–water partition coefficient (Wildman–Crippen LogP) is 1.31. The maximum Gasteiger partial charge on any atom is 0.263 e. The molecule has 0 N–H and O–H groups in total. The summed E-state index contributed by atoms with van der Waals surface area (Å²) in [7, 11) is -2.12. The van der Waals surface area contributed by atoms with Crippen LogP contribution in [0.3, 0.4) is 0 Å². The lowest BCUT2D eigenvalue weighted by Crippen LogP contribution is -2.31. The number of thiazole rings is 1. The van der Waals surface area contributed by atoms with E-state index in [1.165, 1.54) is 18.4 Å². The average molecular weight is 372 g/mol. The first-order valence-corrected chi connectivity index (χ1v) is 9.48. The number of sulfonamides is 1. The van der Waals surface area contributed by atoms with E-state index in [0.29, 0.717) is 9.82 Å². The molecular weight excluding hydrogens is 358 g/mol. The van der Waals surface area contributed by atoms with Crippen molar-refractivity contribution in [2.45, 2.75) is 6.54 Å². The van der Waals surface area contributed by atoms with Gasteiger partial charge in [-0.15, -0.1) is 6.42 Å². The zero-order valence-corrected chi connectivity index (χ0v) is 14.9. The Labute approximate surface area is 143 Å². The van der Waals surface area contributed by atoms with Crippen LogP contribution in [-0.2, 0) is 21.4 Å². The SMILES string of the molecule is C#CCn1c(=NC(=O)CN(C)S(C)(=O)=O)sc2cc(Cl)ccc21. The monoisotopic (exact) mass is 371 g/mol. The lowest BCUT2D eigenvalue weighted by molar-refractivity contribution is -0.118. The molecule has 6 nitrogen and oxygen atoms in total. The number of rotatable bonds is 4. The second kappa shape index (κ2) is 6.84. The molecule has 1 aromatic heterocycles. The largest absolute Gasteiger partial charge is 0.305 e. The highest BCUT2D eigenvalue weighted by Crippen LogP contribution is 2.21. The molecule has 0 aliphatic rings. The van der Waals surface area contributed by atoms with E-state index in [1.807, 2.05) is 0 Å². The van der Waals surface area contributed by atoms with Crippen LogP contribution in [-0.4, -0.2) is 43.0 Å². The van der Waals surface area contributed by atoms with Crippen molar-refractivity contribution < 1.29 is 13.2 Å². The number of benzene rings is 1. The molecule has 0 bridgehead atoms. The molecule has 0 aliphatic heterocycles. The van der Waals surface area contributed by atoms with Crippen LogP contribution in [0.25, 0.3) is 10.2 Å². The number of fused-ring (bicyclic) bond motifs is 1. The molecule has 0 saturated heterocycles. The number of terminal acetylenes is 1. The smallest absolute Gasteiger partial charge is 0.263 e. The molecule has 2 rings (SSSR count). The zero-order chi connectivity index (χ0) is 17.2. The minimum absolute atomic E-state index is 0.246. The van der Waals surface area contributed by atoms with Crippen LogP contribution in [0.5, 0.6) is 0 Å². The first kappa shape index (κ1) is 17.7. The number of carbonyl (C=O) groups excluding carboxylic acids is 1. The number of amides is 1. The molecule has 0 fully saturated rings. The standard InChI is InChI=1S/C14H14ClN3O3S2/c1-4-7-18-11-6-5-10(15)8-12(11)22-14(18)16-13(19)9-17(2)23(3,20)21/h1,5-6,8H,7,9H2,2-3H3. The van der Waals surface area contributed by atoms with E-state index in [2.05, 4.69) is 10.9 Å². The van der Waals surface area contributed by atoms with Gasteiger partial charge in [-0.05, 0) is 18.2 Å². The second-order valence-electron chi connectivity index (χ2n) is 4.81. The molecule has 0 atom stereocenters. The van der Waals surface area contributed by atoms with Crippen molar-refractivity contribution in [1.82, 2.24) is 8.87 Å². The summed E-state index contributed by atoms with van der Waals surface area (Å²) in [4.78, 5) is 16.4. The van der Waals surface area contributed by atoms with Crippen LogP contribution in [0, 0.1) is 12.3 Å². The number of aromatic nitrogens is 1. The highest BCUT2D eigenvalue weighted by atomic mass is 35.5. The third-order valence-electron chi connectivity index (χ3n) is 3.04. The Morgan fingerprint density at radius 2 is 2.22 bits per heavy atom. The Bertz CT molecular complexity index is 967. The van der Waals surface area contributed by atoms with Crippen molar-refractivity contribution in [2.75, 3.05) is 19.8 Å². The number of carbonyl (C=O) groups is 1. The van der Waals surface area contributed by atoms with Gasteiger partial charge >= 0.3 is 0 Å². The second-order valence-corrected chi connectivity index (χ2v) is 8.35. The van der Waals surface area contributed by atoms with Crippen molar-refractivity contribution in [3.8, 4) is 12.3 Å². The maximum absolute atomic E-state index is 12.0. The van der Waals surface area contributed by atoms with Crippen LogP contribution in [0.2, 0.25) is 5.02 Å². The third kappa shape index (κ3) is 4.20. The summed E-state index contributed by atoms with van der Waals surface area (Å²) in [5.74, 6) is 1.95.